The number of benzene rings is 1. The van der Waals surface area contributed by atoms with Crippen molar-refractivity contribution >= 4 is 38.5 Å². The zero-order chi connectivity index (χ0) is 9.42. The third-order valence-corrected chi connectivity index (χ3v) is 2.76. The van der Waals surface area contributed by atoms with Crippen molar-refractivity contribution < 1.29 is 8.81 Å². The largest absolute Gasteiger partial charge is 0.431 e. The summed E-state index contributed by atoms with van der Waals surface area (Å²) < 4.78 is 17.7. The van der Waals surface area contributed by atoms with E-state index in [0.717, 1.165) is 5.56 Å². The molecule has 0 atom stereocenters. The van der Waals surface area contributed by atoms with Crippen LogP contribution in [0, 0.1) is 6.01 Å². The third kappa shape index (κ3) is 1.46. The average molecular weight is 263 g/mol. The quantitative estimate of drug-likeness (QED) is 0.705. The Labute approximate surface area is 87.6 Å². The van der Waals surface area contributed by atoms with Gasteiger partial charge in [0.05, 0.1) is 5.02 Å². The minimum Gasteiger partial charge on any atom is -0.431 e. The summed E-state index contributed by atoms with van der Waals surface area (Å²) in [7, 11) is 0. The molecule has 0 aliphatic heterocycles. The normalized spacial score (nSPS) is 11.0. The van der Waals surface area contributed by atoms with Crippen LogP contribution in [-0.4, -0.2) is 0 Å². The Balaban J connectivity index is 2.83. The van der Waals surface area contributed by atoms with Crippen molar-refractivity contribution in [2.75, 3.05) is 0 Å². The van der Waals surface area contributed by atoms with E-state index in [-0.39, 0.29) is 0 Å². The SMILES string of the molecule is Fc1cc2c(Cl)ccc(CBr)c2o1. The molecule has 1 heterocycles. The Hall–Kier alpha value is -0.540. The molecule has 2 aromatic rings. The molecule has 0 saturated heterocycles. The molecule has 0 unspecified atom stereocenters. The highest BCUT2D eigenvalue weighted by atomic mass is 79.9. The van der Waals surface area contributed by atoms with Crippen molar-refractivity contribution in [2.24, 2.45) is 0 Å². The maximum Gasteiger partial charge on any atom is 0.278 e. The summed E-state index contributed by atoms with van der Waals surface area (Å²) in [6.45, 7) is 0. The lowest BCUT2D eigenvalue weighted by atomic mass is 10.2. The van der Waals surface area contributed by atoms with Crippen LogP contribution < -0.4 is 0 Å². The first-order chi connectivity index (χ1) is 6.22. The number of rotatable bonds is 1. The molecular formula is C9H5BrClFO. The van der Waals surface area contributed by atoms with Crippen molar-refractivity contribution in [3.05, 3.63) is 34.8 Å². The van der Waals surface area contributed by atoms with Crippen LogP contribution in [0.5, 0.6) is 0 Å². The minimum atomic E-state index is -0.606. The highest BCUT2D eigenvalue weighted by Crippen LogP contribution is 2.30. The van der Waals surface area contributed by atoms with E-state index in [0.29, 0.717) is 21.3 Å². The van der Waals surface area contributed by atoms with Gasteiger partial charge >= 0.3 is 0 Å². The first kappa shape index (κ1) is 9.03. The first-order valence-electron chi connectivity index (χ1n) is 3.65. The molecule has 4 heteroatoms. The summed E-state index contributed by atoms with van der Waals surface area (Å²) >= 11 is 9.14. The fourth-order valence-corrected chi connectivity index (χ4v) is 1.87. The first-order valence-corrected chi connectivity index (χ1v) is 5.14. The molecular weight excluding hydrogens is 258 g/mol. The molecule has 1 aromatic carbocycles. The molecule has 0 aliphatic carbocycles. The maximum absolute atomic E-state index is 12.8. The van der Waals surface area contributed by atoms with Crippen molar-refractivity contribution in [1.82, 2.24) is 0 Å². The molecule has 0 aliphatic rings. The Morgan fingerprint density at radius 1 is 1.46 bits per heavy atom. The monoisotopic (exact) mass is 262 g/mol. The summed E-state index contributed by atoms with van der Waals surface area (Å²) in [4.78, 5) is 0. The Morgan fingerprint density at radius 3 is 2.92 bits per heavy atom. The fourth-order valence-electron chi connectivity index (χ4n) is 1.22. The lowest BCUT2D eigenvalue weighted by Crippen LogP contribution is -1.77. The van der Waals surface area contributed by atoms with Crippen LogP contribution in [0.1, 0.15) is 5.56 Å². The number of furan rings is 1. The van der Waals surface area contributed by atoms with E-state index in [1.165, 1.54) is 6.07 Å². The van der Waals surface area contributed by atoms with Gasteiger partial charge in [-0.25, -0.2) is 0 Å². The fraction of sp³-hybridized carbons (Fsp3) is 0.111. The lowest BCUT2D eigenvalue weighted by molar-refractivity contribution is 0.380. The zero-order valence-electron chi connectivity index (χ0n) is 6.48. The van der Waals surface area contributed by atoms with Crippen LogP contribution >= 0.6 is 27.5 Å². The van der Waals surface area contributed by atoms with Gasteiger partial charge in [-0.05, 0) is 6.07 Å². The predicted molar refractivity (Wildman–Crippen MR) is 53.8 cm³/mol. The van der Waals surface area contributed by atoms with Crippen LogP contribution in [0.4, 0.5) is 4.39 Å². The number of hydrogen-bond acceptors (Lipinski definition) is 1. The zero-order valence-corrected chi connectivity index (χ0v) is 8.82. The van der Waals surface area contributed by atoms with E-state index in [2.05, 4.69) is 15.9 Å². The van der Waals surface area contributed by atoms with Crippen LogP contribution in [0.2, 0.25) is 5.02 Å². The van der Waals surface area contributed by atoms with Gasteiger partial charge < -0.3 is 4.42 Å². The summed E-state index contributed by atoms with van der Waals surface area (Å²) in [5.41, 5.74) is 1.41. The van der Waals surface area contributed by atoms with E-state index in [1.54, 1.807) is 6.07 Å². The van der Waals surface area contributed by atoms with Crippen molar-refractivity contribution in [1.29, 1.82) is 0 Å². The van der Waals surface area contributed by atoms with Crippen LogP contribution in [0.3, 0.4) is 0 Å². The molecule has 13 heavy (non-hydrogen) atoms. The van der Waals surface area contributed by atoms with E-state index in [9.17, 15) is 4.39 Å². The molecule has 0 fully saturated rings. The smallest absolute Gasteiger partial charge is 0.278 e. The van der Waals surface area contributed by atoms with E-state index >= 15 is 0 Å². The number of hydrogen-bond donors (Lipinski definition) is 0. The van der Waals surface area contributed by atoms with Gasteiger partial charge in [0.25, 0.3) is 6.01 Å². The molecule has 0 radical (unpaired) electrons. The molecule has 0 saturated carbocycles. The predicted octanol–water partition coefficient (Wildman–Crippen LogP) is 4.12. The highest BCUT2D eigenvalue weighted by Gasteiger charge is 2.10. The van der Waals surface area contributed by atoms with Gasteiger partial charge in [-0.2, -0.15) is 4.39 Å². The summed E-state index contributed by atoms with van der Waals surface area (Å²) in [6.07, 6.45) is 0. The molecule has 1 nitrogen and oxygen atoms in total. The molecule has 0 spiro atoms. The molecule has 0 N–H and O–H groups in total. The van der Waals surface area contributed by atoms with Gasteiger partial charge in [-0.1, -0.05) is 33.6 Å². The second kappa shape index (κ2) is 3.31. The second-order valence-electron chi connectivity index (χ2n) is 2.63. The van der Waals surface area contributed by atoms with E-state index in [1.807, 2.05) is 6.07 Å². The third-order valence-electron chi connectivity index (χ3n) is 1.83. The van der Waals surface area contributed by atoms with Gasteiger partial charge in [0.15, 0.2) is 0 Å². The number of halogens is 3. The molecule has 68 valence electrons. The molecule has 0 amide bonds. The van der Waals surface area contributed by atoms with Crippen LogP contribution in [-0.2, 0) is 5.33 Å². The summed E-state index contributed by atoms with van der Waals surface area (Å²) in [5.74, 6) is 0. The second-order valence-corrected chi connectivity index (χ2v) is 3.60. The van der Waals surface area contributed by atoms with Crippen LogP contribution in [0.25, 0.3) is 11.0 Å². The lowest BCUT2D eigenvalue weighted by Gasteiger charge is -1.97. The number of alkyl halides is 1. The Bertz CT molecular complexity index is 452. The minimum absolute atomic E-state index is 0.507. The van der Waals surface area contributed by atoms with Gasteiger partial charge in [-0.3, -0.25) is 0 Å². The summed E-state index contributed by atoms with van der Waals surface area (Å²) in [6, 6.07) is 4.23. The van der Waals surface area contributed by atoms with Crippen molar-refractivity contribution in [3.63, 3.8) is 0 Å². The van der Waals surface area contributed by atoms with E-state index in [4.69, 9.17) is 16.0 Å². The van der Waals surface area contributed by atoms with E-state index < -0.39 is 6.01 Å². The van der Waals surface area contributed by atoms with Crippen LogP contribution in [0.15, 0.2) is 22.6 Å². The van der Waals surface area contributed by atoms with Gasteiger partial charge in [0, 0.05) is 22.3 Å². The van der Waals surface area contributed by atoms with Gasteiger partial charge in [-0.15, -0.1) is 0 Å². The summed E-state index contributed by atoms with van der Waals surface area (Å²) in [5, 5.41) is 1.75. The number of fused-ring (bicyclic) bond motifs is 1. The average Bonchev–Trinajstić information content (AvgIpc) is 2.48. The molecule has 2 rings (SSSR count). The Morgan fingerprint density at radius 2 is 2.23 bits per heavy atom. The molecule has 1 aromatic heterocycles. The van der Waals surface area contributed by atoms with Crippen molar-refractivity contribution in [2.45, 2.75) is 5.33 Å². The van der Waals surface area contributed by atoms with Crippen molar-refractivity contribution in [3.8, 4) is 0 Å². The van der Waals surface area contributed by atoms with Gasteiger partial charge in [0.2, 0.25) is 0 Å². The molecule has 0 bridgehead atoms. The topological polar surface area (TPSA) is 13.1 Å². The maximum atomic E-state index is 12.8. The Kier molecular flexibility index (Phi) is 2.30. The highest BCUT2D eigenvalue weighted by molar-refractivity contribution is 9.08. The standard InChI is InChI=1S/C9H5BrClFO/c10-4-5-1-2-7(11)6-3-8(12)13-9(5)6/h1-3H,4H2. The van der Waals surface area contributed by atoms with Gasteiger partial charge in [0.1, 0.15) is 5.58 Å².